The van der Waals surface area contributed by atoms with Crippen molar-refractivity contribution in [3.8, 4) is 11.8 Å². The van der Waals surface area contributed by atoms with Crippen molar-refractivity contribution >= 4 is 23.2 Å². The first-order valence-electron chi connectivity index (χ1n) is 8.51. The molecule has 0 spiro atoms. The number of benzene rings is 2. The van der Waals surface area contributed by atoms with Crippen LogP contribution in [0.3, 0.4) is 0 Å². The van der Waals surface area contributed by atoms with Crippen molar-refractivity contribution in [3.05, 3.63) is 54.1 Å². The molecule has 2 N–H and O–H groups in total. The number of nitrogens with zero attached hydrogens (tertiary/aromatic N) is 2. The Labute approximate surface area is 158 Å². The smallest absolute Gasteiger partial charge is 0.238 e. The van der Waals surface area contributed by atoms with Crippen molar-refractivity contribution in [1.82, 2.24) is 4.90 Å². The Morgan fingerprint density at radius 2 is 1.67 bits per heavy atom. The van der Waals surface area contributed by atoms with E-state index in [2.05, 4.69) is 10.6 Å². The molecule has 0 aromatic heterocycles. The van der Waals surface area contributed by atoms with E-state index >= 15 is 0 Å². The molecule has 2 rings (SSSR count). The number of nitrogens with one attached hydrogen (secondary N) is 2. The molecule has 0 aliphatic rings. The minimum atomic E-state index is -0.230. The normalized spacial score (nSPS) is 10.1. The fourth-order valence-corrected chi connectivity index (χ4v) is 2.45. The van der Waals surface area contributed by atoms with Crippen LogP contribution in [-0.2, 0) is 9.59 Å². The molecule has 2 amide bonds. The maximum Gasteiger partial charge on any atom is 0.238 e. The van der Waals surface area contributed by atoms with Crippen LogP contribution in [0.2, 0.25) is 0 Å². The number of methoxy groups -OCH3 is 1. The minimum absolute atomic E-state index is 0.0787. The molecule has 2 aromatic carbocycles. The third-order valence-corrected chi connectivity index (χ3v) is 3.86. The second-order valence-electron chi connectivity index (χ2n) is 5.79. The molecule has 140 valence electrons. The maximum atomic E-state index is 12.3. The summed E-state index contributed by atoms with van der Waals surface area (Å²) >= 11 is 0. The van der Waals surface area contributed by atoms with Crippen LogP contribution in [0, 0.1) is 11.3 Å². The van der Waals surface area contributed by atoms with E-state index in [-0.39, 0.29) is 24.9 Å². The van der Waals surface area contributed by atoms with Crippen LogP contribution >= 0.6 is 0 Å². The van der Waals surface area contributed by atoms with Gasteiger partial charge in [-0.15, -0.1) is 0 Å². The summed E-state index contributed by atoms with van der Waals surface area (Å²) < 4.78 is 5.21. The molecule has 2 aromatic rings. The summed E-state index contributed by atoms with van der Waals surface area (Å²) in [5.41, 5.74) is 1.72. The Hall–Kier alpha value is -3.37. The van der Waals surface area contributed by atoms with Crippen molar-refractivity contribution in [2.45, 2.75) is 6.92 Å². The van der Waals surface area contributed by atoms with Gasteiger partial charge in [-0.1, -0.05) is 19.1 Å². The zero-order valence-corrected chi connectivity index (χ0v) is 15.4. The Morgan fingerprint density at radius 3 is 2.26 bits per heavy atom. The fraction of sp³-hybridized carbons (Fsp3) is 0.250. The lowest BCUT2D eigenvalue weighted by molar-refractivity contribution is -0.119. The molecule has 27 heavy (non-hydrogen) atoms. The summed E-state index contributed by atoms with van der Waals surface area (Å²) in [5, 5.41) is 14.3. The zero-order chi connectivity index (χ0) is 19.6. The Morgan fingerprint density at radius 1 is 1.04 bits per heavy atom. The Bertz CT molecular complexity index is 828. The molecule has 0 unspecified atom stereocenters. The second-order valence-corrected chi connectivity index (χ2v) is 5.79. The van der Waals surface area contributed by atoms with E-state index in [0.29, 0.717) is 29.2 Å². The number of rotatable bonds is 8. The van der Waals surface area contributed by atoms with Gasteiger partial charge >= 0.3 is 0 Å². The van der Waals surface area contributed by atoms with Gasteiger partial charge in [0.2, 0.25) is 11.8 Å². The molecule has 7 nitrogen and oxygen atoms in total. The molecule has 0 aliphatic carbocycles. The number of ether oxygens (including phenoxy) is 1. The monoisotopic (exact) mass is 366 g/mol. The van der Waals surface area contributed by atoms with Crippen LogP contribution in [-0.4, -0.2) is 43.5 Å². The van der Waals surface area contributed by atoms with Crippen LogP contribution < -0.4 is 15.4 Å². The third-order valence-electron chi connectivity index (χ3n) is 3.86. The van der Waals surface area contributed by atoms with E-state index in [1.165, 1.54) is 7.11 Å². The number of nitriles is 1. The zero-order valence-electron chi connectivity index (χ0n) is 15.4. The van der Waals surface area contributed by atoms with Crippen molar-refractivity contribution in [1.29, 1.82) is 5.26 Å². The summed E-state index contributed by atoms with van der Waals surface area (Å²) in [6.07, 6.45) is 0. The number of carbonyl (C=O) groups excluding carboxylic acids is 2. The van der Waals surface area contributed by atoms with Gasteiger partial charge in [-0.3, -0.25) is 14.5 Å². The van der Waals surface area contributed by atoms with Crippen LogP contribution in [0.25, 0.3) is 0 Å². The summed E-state index contributed by atoms with van der Waals surface area (Å²) in [6.45, 7) is 2.58. The third kappa shape index (κ3) is 6.13. The van der Waals surface area contributed by atoms with Crippen LogP contribution in [0.5, 0.6) is 5.75 Å². The average Bonchev–Trinajstić information content (AvgIpc) is 2.68. The van der Waals surface area contributed by atoms with Crippen molar-refractivity contribution < 1.29 is 14.3 Å². The van der Waals surface area contributed by atoms with E-state index in [4.69, 9.17) is 10.00 Å². The van der Waals surface area contributed by atoms with Gasteiger partial charge in [0, 0.05) is 5.69 Å². The Kier molecular flexibility index (Phi) is 7.35. The second kappa shape index (κ2) is 9.94. The number of anilines is 2. The molecule has 0 saturated carbocycles. The maximum absolute atomic E-state index is 12.3. The predicted molar refractivity (Wildman–Crippen MR) is 104 cm³/mol. The van der Waals surface area contributed by atoms with Gasteiger partial charge in [-0.2, -0.15) is 5.26 Å². The van der Waals surface area contributed by atoms with Crippen molar-refractivity contribution in [2.24, 2.45) is 0 Å². The number of carbonyl (C=O) groups is 2. The molecular formula is C20H22N4O3. The van der Waals surface area contributed by atoms with Gasteiger partial charge in [0.25, 0.3) is 0 Å². The SMILES string of the molecule is CCN(CC(=O)Nc1ccc(C#N)cc1)CC(=O)Nc1ccccc1OC. The number of hydrogen-bond acceptors (Lipinski definition) is 5. The fourth-order valence-electron chi connectivity index (χ4n) is 2.45. The lowest BCUT2D eigenvalue weighted by Crippen LogP contribution is -2.38. The van der Waals surface area contributed by atoms with E-state index < -0.39 is 0 Å². The number of para-hydroxylation sites is 2. The van der Waals surface area contributed by atoms with Gasteiger partial charge in [0.1, 0.15) is 5.75 Å². The first-order valence-corrected chi connectivity index (χ1v) is 8.51. The van der Waals surface area contributed by atoms with Crippen LogP contribution in [0.15, 0.2) is 48.5 Å². The topological polar surface area (TPSA) is 94.5 Å². The number of hydrogen-bond donors (Lipinski definition) is 2. The largest absolute Gasteiger partial charge is 0.495 e. The van der Waals surface area contributed by atoms with Crippen molar-refractivity contribution in [2.75, 3.05) is 37.4 Å². The highest BCUT2D eigenvalue weighted by Crippen LogP contribution is 2.22. The van der Waals surface area contributed by atoms with E-state index in [0.717, 1.165) is 0 Å². The van der Waals surface area contributed by atoms with Gasteiger partial charge < -0.3 is 15.4 Å². The van der Waals surface area contributed by atoms with Gasteiger partial charge in [0.05, 0.1) is 37.5 Å². The molecule has 0 saturated heterocycles. The molecule has 0 fully saturated rings. The van der Waals surface area contributed by atoms with E-state index in [9.17, 15) is 9.59 Å². The quantitative estimate of drug-likeness (QED) is 0.748. The first kappa shape index (κ1) is 19.9. The summed E-state index contributed by atoms with van der Waals surface area (Å²) in [6, 6.07) is 15.8. The van der Waals surface area contributed by atoms with Gasteiger partial charge in [0.15, 0.2) is 0 Å². The molecule has 0 bridgehead atoms. The molecular weight excluding hydrogens is 344 g/mol. The lowest BCUT2D eigenvalue weighted by Gasteiger charge is -2.19. The first-order chi connectivity index (χ1) is 13.0. The van der Waals surface area contributed by atoms with E-state index in [1.54, 1.807) is 47.4 Å². The lowest BCUT2D eigenvalue weighted by atomic mass is 10.2. The Balaban J connectivity index is 1.89. The average molecular weight is 366 g/mol. The highest BCUT2D eigenvalue weighted by molar-refractivity contribution is 5.95. The molecule has 0 aliphatic heterocycles. The molecule has 7 heteroatoms. The van der Waals surface area contributed by atoms with Gasteiger partial charge in [-0.25, -0.2) is 0 Å². The predicted octanol–water partition coefficient (Wildman–Crippen LogP) is 2.47. The molecule has 0 radical (unpaired) electrons. The van der Waals surface area contributed by atoms with Crippen LogP contribution in [0.4, 0.5) is 11.4 Å². The molecule has 0 heterocycles. The summed E-state index contributed by atoms with van der Waals surface area (Å²) in [7, 11) is 1.54. The highest BCUT2D eigenvalue weighted by Gasteiger charge is 2.14. The number of amides is 2. The standard InChI is InChI=1S/C20H22N4O3/c1-3-24(13-19(25)22-16-10-8-15(12-21)9-11-16)14-20(26)23-17-6-4-5-7-18(17)27-2/h4-11H,3,13-14H2,1-2H3,(H,22,25)(H,23,26). The van der Waals surface area contributed by atoms with E-state index in [1.807, 2.05) is 19.1 Å². The van der Waals surface area contributed by atoms with Gasteiger partial charge in [-0.05, 0) is 42.9 Å². The molecule has 0 atom stereocenters. The number of likely N-dealkylation sites (N-methyl/N-ethyl adjacent to an activating group) is 1. The highest BCUT2D eigenvalue weighted by atomic mass is 16.5. The van der Waals surface area contributed by atoms with Crippen molar-refractivity contribution in [3.63, 3.8) is 0 Å². The minimum Gasteiger partial charge on any atom is -0.495 e. The van der Waals surface area contributed by atoms with Crippen LogP contribution in [0.1, 0.15) is 12.5 Å². The summed E-state index contributed by atoms with van der Waals surface area (Å²) in [5.74, 6) is 0.117. The summed E-state index contributed by atoms with van der Waals surface area (Å²) in [4.78, 5) is 26.2.